The first-order valence-corrected chi connectivity index (χ1v) is 8.03. The quantitative estimate of drug-likeness (QED) is 0.754. The summed E-state index contributed by atoms with van der Waals surface area (Å²) in [5.41, 5.74) is -1.78. The number of halogens is 3. The lowest BCUT2D eigenvalue weighted by molar-refractivity contribution is -0.213. The van der Waals surface area contributed by atoms with E-state index in [9.17, 15) is 27.6 Å². The molecule has 0 aliphatic carbocycles. The van der Waals surface area contributed by atoms with Gasteiger partial charge in [-0.25, -0.2) is 4.79 Å². The van der Waals surface area contributed by atoms with Gasteiger partial charge in [0.15, 0.2) is 5.41 Å². The Balaban J connectivity index is 1.72. The number of rotatable bonds is 3. The molecule has 2 fully saturated rings. The van der Waals surface area contributed by atoms with Crippen LogP contribution in [-0.4, -0.2) is 43.7 Å². The van der Waals surface area contributed by atoms with Gasteiger partial charge in [0, 0.05) is 30.9 Å². The van der Waals surface area contributed by atoms with Crippen molar-refractivity contribution in [3.8, 4) is 0 Å². The number of nitrogens with one attached hydrogen (secondary N) is 3. The molecular formula is C16H17F3N4O3. The van der Waals surface area contributed by atoms with Crippen molar-refractivity contribution in [2.24, 2.45) is 5.41 Å². The molecule has 2 aliphatic heterocycles. The van der Waals surface area contributed by atoms with Gasteiger partial charge in [0.2, 0.25) is 11.8 Å². The van der Waals surface area contributed by atoms with Crippen LogP contribution in [0.3, 0.4) is 0 Å². The molecular weight excluding hydrogens is 353 g/mol. The van der Waals surface area contributed by atoms with E-state index in [0.717, 1.165) is 0 Å². The molecule has 7 nitrogen and oxygen atoms in total. The number of imide groups is 1. The summed E-state index contributed by atoms with van der Waals surface area (Å²) in [6.07, 6.45) is -4.81. The predicted molar refractivity (Wildman–Crippen MR) is 86.5 cm³/mol. The second-order valence-electron chi connectivity index (χ2n) is 6.26. The molecule has 3 N–H and O–H groups in total. The van der Waals surface area contributed by atoms with Crippen molar-refractivity contribution in [2.45, 2.75) is 19.0 Å². The highest BCUT2D eigenvalue weighted by Crippen LogP contribution is 2.43. The molecule has 0 radical (unpaired) electrons. The van der Waals surface area contributed by atoms with Crippen LogP contribution < -0.4 is 20.9 Å². The summed E-state index contributed by atoms with van der Waals surface area (Å²) in [5.74, 6) is -1.47. The van der Waals surface area contributed by atoms with Crippen LogP contribution in [0.1, 0.15) is 12.8 Å². The van der Waals surface area contributed by atoms with Gasteiger partial charge in [-0.2, -0.15) is 13.2 Å². The smallest absolute Gasteiger partial charge is 0.325 e. The maximum absolute atomic E-state index is 13.4. The molecule has 1 aromatic carbocycles. The van der Waals surface area contributed by atoms with E-state index in [4.69, 9.17) is 0 Å². The molecule has 1 atom stereocenters. The number of nitrogens with zero attached hydrogens (tertiary/aromatic N) is 1. The van der Waals surface area contributed by atoms with E-state index >= 15 is 0 Å². The van der Waals surface area contributed by atoms with Gasteiger partial charge in [-0.1, -0.05) is 0 Å². The molecule has 0 saturated carbocycles. The largest absolute Gasteiger partial charge is 0.404 e. The molecule has 2 aliphatic rings. The van der Waals surface area contributed by atoms with Crippen molar-refractivity contribution in [2.75, 3.05) is 29.9 Å². The number of anilines is 2. The van der Waals surface area contributed by atoms with E-state index < -0.39 is 30.1 Å². The molecule has 26 heavy (non-hydrogen) atoms. The van der Waals surface area contributed by atoms with Gasteiger partial charge in [-0.3, -0.25) is 19.8 Å². The summed E-state index contributed by atoms with van der Waals surface area (Å²) >= 11 is 0. The van der Waals surface area contributed by atoms with Gasteiger partial charge in [-0.05, 0) is 37.2 Å². The van der Waals surface area contributed by atoms with E-state index in [1.165, 1.54) is 29.2 Å². The molecule has 3 rings (SSSR count). The minimum absolute atomic E-state index is 0.120. The second-order valence-corrected chi connectivity index (χ2v) is 6.26. The Labute approximate surface area is 146 Å². The van der Waals surface area contributed by atoms with Crippen LogP contribution in [0, 0.1) is 5.41 Å². The zero-order valence-electron chi connectivity index (χ0n) is 13.7. The second kappa shape index (κ2) is 6.60. The maximum atomic E-state index is 13.4. The molecule has 2 saturated heterocycles. The monoisotopic (exact) mass is 370 g/mol. The fourth-order valence-corrected chi connectivity index (χ4v) is 3.04. The first-order valence-electron chi connectivity index (χ1n) is 8.03. The lowest BCUT2D eigenvalue weighted by Gasteiger charge is -2.29. The lowest BCUT2D eigenvalue weighted by atomic mass is 9.85. The van der Waals surface area contributed by atoms with Crippen LogP contribution in [0.4, 0.5) is 29.3 Å². The molecule has 140 valence electrons. The minimum atomic E-state index is -4.65. The lowest BCUT2D eigenvalue weighted by Crippen LogP contribution is -2.49. The minimum Gasteiger partial charge on any atom is -0.325 e. The average molecular weight is 370 g/mol. The van der Waals surface area contributed by atoms with Gasteiger partial charge >= 0.3 is 12.2 Å². The zero-order valence-corrected chi connectivity index (χ0v) is 13.7. The number of carbonyl (C=O) groups is 3. The number of urea groups is 1. The summed E-state index contributed by atoms with van der Waals surface area (Å²) in [5, 5.41) is 7.07. The van der Waals surface area contributed by atoms with Crippen LogP contribution >= 0.6 is 0 Å². The van der Waals surface area contributed by atoms with Crippen LogP contribution in [0.2, 0.25) is 0 Å². The van der Waals surface area contributed by atoms with Gasteiger partial charge in [0.05, 0.1) is 0 Å². The molecule has 2 heterocycles. The fourth-order valence-electron chi connectivity index (χ4n) is 3.04. The fraction of sp³-hybridized carbons (Fsp3) is 0.438. The number of alkyl halides is 3. The van der Waals surface area contributed by atoms with Crippen molar-refractivity contribution < 1.29 is 27.6 Å². The van der Waals surface area contributed by atoms with Gasteiger partial charge in [-0.15, -0.1) is 0 Å². The third-order valence-corrected chi connectivity index (χ3v) is 4.62. The highest BCUT2D eigenvalue weighted by molar-refractivity contribution is 6.05. The Morgan fingerprint density at radius 1 is 1.19 bits per heavy atom. The van der Waals surface area contributed by atoms with Crippen LogP contribution in [0.5, 0.6) is 0 Å². The summed E-state index contributed by atoms with van der Waals surface area (Å²) in [6.45, 7) is -0.129. The Bertz CT molecular complexity index is 727. The van der Waals surface area contributed by atoms with E-state index in [1.54, 1.807) is 0 Å². The Kier molecular flexibility index (Phi) is 4.61. The van der Waals surface area contributed by atoms with E-state index in [1.807, 2.05) is 0 Å². The third kappa shape index (κ3) is 3.24. The molecule has 1 aromatic rings. The zero-order chi connectivity index (χ0) is 18.9. The van der Waals surface area contributed by atoms with Crippen LogP contribution in [0.25, 0.3) is 0 Å². The van der Waals surface area contributed by atoms with Gasteiger partial charge in [0.25, 0.3) is 0 Å². The van der Waals surface area contributed by atoms with Crippen molar-refractivity contribution in [1.82, 2.24) is 10.6 Å². The van der Waals surface area contributed by atoms with Crippen molar-refractivity contribution >= 4 is 29.2 Å². The Morgan fingerprint density at radius 2 is 1.88 bits per heavy atom. The number of hydrogen-bond donors (Lipinski definition) is 3. The summed E-state index contributed by atoms with van der Waals surface area (Å²) in [7, 11) is 0. The highest BCUT2D eigenvalue weighted by Gasteiger charge is 2.61. The highest BCUT2D eigenvalue weighted by atomic mass is 19.4. The van der Waals surface area contributed by atoms with E-state index in [-0.39, 0.29) is 37.5 Å². The third-order valence-electron chi connectivity index (χ3n) is 4.62. The predicted octanol–water partition coefficient (Wildman–Crippen LogP) is 1.61. The van der Waals surface area contributed by atoms with Crippen LogP contribution in [0.15, 0.2) is 24.3 Å². The van der Waals surface area contributed by atoms with Gasteiger partial charge in [0.1, 0.15) is 0 Å². The number of carbonyl (C=O) groups excluding carboxylic acids is 3. The molecule has 0 aromatic heterocycles. The maximum Gasteiger partial charge on any atom is 0.404 e. The first-order chi connectivity index (χ1) is 12.2. The number of benzene rings is 1. The topological polar surface area (TPSA) is 90.5 Å². The number of hydrogen-bond acceptors (Lipinski definition) is 4. The average Bonchev–Trinajstić information content (AvgIpc) is 3.07. The standard InChI is InChI=1S/C16H17F3N4O3/c17-16(18,19)15(6-7-20-9-15)13(25)21-10-1-3-11(4-2-10)23-8-5-12(24)22-14(23)26/h1-4,20H,5-9H2,(H,21,25)(H,22,24,26). The summed E-state index contributed by atoms with van der Waals surface area (Å²) in [6, 6.07) is 5.27. The normalized spacial score (nSPS) is 23.7. The Hall–Kier alpha value is -2.62. The van der Waals surface area contributed by atoms with Crippen molar-refractivity contribution in [3.05, 3.63) is 24.3 Å². The van der Waals surface area contributed by atoms with Crippen molar-refractivity contribution in [3.63, 3.8) is 0 Å². The molecule has 10 heteroatoms. The summed E-state index contributed by atoms with van der Waals surface area (Å²) < 4.78 is 40.1. The first kappa shape index (κ1) is 18.2. The van der Waals surface area contributed by atoms with E-state index in [2.05, 4.69) is 16.0 Å². The van der Waals surface area contributed by atoms with Crippen molar-refractivity contribution in [1.29, 1.82) is 0 Å². The Morgan fingerprint density at radius 3 is 2.42 bits per heavy atom. The SMILES string of the molecule is O=C1CCN(c2ccc(NC(=O)C3(C(F)(F)F)CCNC3)cc2)C(=O)N1. The summed E-state index contributed by atoms with van der Waals surface area (Å²) in [4.78, 5) is 36.6. The van der Waals surface area contributed by atoms with Crippen LogP contribution in [-0.2, 0) is 9.59 Å². The molecule has 1 unspecified atom stereocenters. The molecule has 4 amide bonds. The number of amides is 4. The van der Waals surface area contributed by atoms with E-state index in [0.29, 0.717) is 5.69 Å². The van der Waals surface area contributed by atoms with Gasteiger partial charge < -0.3 is 10.6 Å². The molecule has 0 spiro atoms. The molecule has 0 bridgehead atoms.